The molecule has 0 aromatic heterocycles. The summed E-state index contributed by atoms with van der Waals surface area (Å²) in [7, 11) is -3.74. The van der Waals surface area contributed by atoms with Crippen LogP contribution in [0.5, 0.6) is 0 Å². The van der Waals surface area contributed by atoms with Crippen molar-refractivity contribution in [1.29, 1.82) is 0 Å². The smallest absolute Gasteiger partial charge is 0.238 e. The van der Waals surface area contributed by atoms with Crippen molar-refractivity contribution < 1.29 is 17.9 Å². The van der Waals surface area contributed by atoms with E-state index in [2.05, 4.69) is 5.32 Å². The molecule has 1 fully saturated rings. The Labute approximate surface area is 111 Å². The van der Waals surface area contributed by atoms with Crippen LogP contribution in [0.4, 0.5) is 11.4 Å². The number of primary sulfonamides is 1. The van der Waals surface area contributed by atoms with Crippen molar-refractivity contribution in [2.24, 2.45) is 5.14 Å². The Kier molecular flexibility index (Phi) is 4.25. The first kappa shape index (κ1) is 14.1. The van der Waals surface area contributed by atoms with Crippen LogP contribution >= 0.6 is 0 Å². The number of anilines is 2. The molecule has 8 heteroatoms. The van der Waals surface area contributed by atoms with E-state index >= 15 is 0 Å². The molecule has 19 heavy (non-hydrogen) atoms. The molecule has 1 heterocycles. The van der Waals surface area contributed by atoms with Crippen LogP contribution in [0.25, 0.3) is 0 Å². The summed E-state index contributed by atoms with van der Waals surface area (Å²) in [4.78, 5) is 0.0185. The van der Waals surface area contributed by atoms with Crippen LogP contribution < -0.4 is 16.2 Å². The number of sulfonamides is 1. The Morgan fingerprint density at radius 3 is 2.79 bits per heavy atom. The van der Waals surface area contributed by atoms with Gasteiger partial charge in [-0.2, -0.15) is 0 Å². The van der Waals surface area contributed by atoms with Crippen LogP contribution in [0.15, 0.2) is 23.1 Å². The number of hydrogen-bond donors (Lipinski definition) is 3. The van der Waals surface area contributed by atoms with Gasteiger partial charge in [0.15, 0.2) is 0 Å². The summed E-state index contributed by atoms with van der Waals surface area (Å²) in [6.45, 7) is 2.14. The molecule has 1 unspecified atom stereocenters. The molecule has 0 saturated carbocycles. The fourth-order valence-electron chi connectivity index (χ4n) is 1.74. The SMILES string of the molecule is Nc1ccc(S(N)(=O)=O)cc1NCC1COCCO1. The van der Waals surface area contributed by atoms with Crippen LogP contribution in [0.2, 0.25) is 0 Å². The summed E-state index contributed by atoms with van der Waals surface area (Å²) in [6.07, 6.45) is -0.0775. The monoisotopic (exact) mass is 287 g/mol. The summed E-state index contributed by atoms with van der Waals surface area (Å²) in [5.74, 6) is 0. The van der Waals surface area contributed by atoms with Gasteiger partial charge in [0.25, 0.3) is 0 Å². The molecule has 106 valence electrons. The minimum Gasteiger partial charge on any atom is -0.397 e. The predicted octanol–water partition coefficient (Wildman–Crippen LogP) is -0.256. The van der Waals surface area contributed by atoms with Crippen molar-refractivity contribution in [3.05, 3.63) is 18.2 Å². The van der Waals surface area contributed by atoms with Gasteiger partial charge >= 0.3 is 0 Å². The van der Waals surface area contributed by atoms with Gasteiger partial charge in [0.1, 0.15) is 0 Å². The lowest BCUT2D eigenvalue weighted by Crippen LogP contribution is -2.34. The van der Waals surface area contributed by atoms with Gasteiger partial charge in [-0.15, -0.1) is 0 Å². The first-order valence-corrected chi connectivity index (χ1v) is 7.37. The normalized spacial score (nSPS) is 20.2. The topological polar surface area (TPSA) is 117 Å². The van der Waals surface area contributed by atoms with Crippen molar-refractivity contribution in [3.8, 4) is 0 Å². The van der Waals surface area contributed by atoms with Gasteiger partial charge in [-0.3, -0.25) is 0 Å². The zero-order valence-electron chi connectivity index (χ0n) is 10.3. The molecule has 5 N–H and O–H groups in total. The van der Waals surface area contributed by atoms with E-state index in [4.69, 9.17) is 20.3 Å². The molecule has 2 rings (SSSR count). The number of nitrogens with one attached hydrogen (secondary N) is 1. The van der Waals surface area contributed by atoms with Crippen LogP contribution in [0.3, 0.4) is 0 Å². The highest BCUT2D eigenvalue weighted by Crippen LogP contribution is 2.22. The molecule has 1 aliphatic rings. The summed E-state index contributed by atoms with van der Waals surface area (Å²) >= 11 is 0. The molecule has 0 aliphatic carbocycles. The van der Waals surface area contributed by atoms with Crippen LogP contribution in [0.1, 0.15) is 0 Å². The largest absolute Gasteiger partial charge is 0.397 e. The minimum atomic E-state index is -3.74. The van der Waals surface area contributed by atoms with E-state index < -0.39 is 10.0 Å². The van der Waals surface area contributed by atoms with Crippen molar-refractivity contribution in [2.45, 2.75) is 11.0 Å². The molecular weight excluding hydrogens is 270 g/mol. The lowest BCUT2D eigenvalue weighted by atomic mass is 10.2. The molecule has 0 amide bonds. The van der Waals surface area contributed by atoms with Crippen molar-refractivity contribution in [2.75, 3.05) is 37.4 Å². The van der Waals surface area contributed by atoms with E-state index in [-0.39, 0.29) is 11.0 Å². The van der Waals surface area contributed by atoms with E-state index in [0.29, 0.717) is 37.7 Å². The van der Waals surface area contributed by atoms with Crippen molar-refractivity contribution >= 4 is 21.4 Å². The fourth-order valence-corrected chi connectivity index (χ4v) is 2.28. The molecule has 1 saturated heterocycles. The van der Waals surface area contributed by atoms with Gasteiger partial charge in [-0.25, -0.2) is 13.6 Å². The Morgan fingerprint density at radius 2 is 2.16 bits per heavy atom. The molecule has 0 radical (unpaired) electrons. The maximum Gasteiger partial charge on any atom is 0.238 e. The van der Waals surface area contributed by atoms with Gasteiger partial charge in [0, 0.05) is 6.54 Å². The average Bonchev–Trinajstić information content (AvgIpc) is 2.37. The number of nitrogen functional groups attached to an aromatic ring is 1. The first-order chi connectivity index (χ1) is 8.97. The Balaban J connectivity index is 2.06. The lowest BCUT2D eigenvalue weighted by Gasteiger charge is -2.23. The summed E-state index contributed by atoms with van der Waals surface area (Å²) in [5, 5.41) is 8.12. The van der Waals surface area contributed by atoms with Gasteiger partial charge in [-0.1, -0.05) is 0 Å². The molecule has 0 spiro atoms. The average molecular weight is 287 g/mol. The summed E-state index contributed by atoms with van der Waals surface area (Å²) in [6, 6.07) is 4.28. The van der Waals surface area contributed by atoms with Gasteiger partial charge in [0.05, 0.1) is 42.2 Å². The quantitative estimate of drug-likeness (QED) is 0.657. The molecule has 7 nitrogen and oxygen atoms in total. The minimum absolute atomic E-state index is 0.0185. The number of rotatable bonds is 4. The van der Waals surface area contributed by atoms with E-state index in [9.17, 15) is 8.42 Å². The highest BCUT2D eigenvalue weighted by Gasteiger charge is 2.15. The maximum absolute atomic E-state index is 11.3. The lowest BCUT2D eigenvalue weighted by molar-refractivity contribution is -0.0818. The molecule has 1 aromatic carbocycles. The Morgan fingerprint density at radius 1 is 1.37 bits per heavy atom. The standard InChI is InChI=1S/C11H17N3O4S/c12-10-2-1-9(19(13,15)16)5-11(10)14-6-8-7-17-3-4-18-8/h1-2,5,8,14H,3-4,6-7,12H2,(H2,13,15,16). The zero-order chi connectivity index (χ0) is 13.9. The first-order valence-electron chi connectivity index (χ1n) is 5.82. The number of benzene rings is 1. The number of ether oxygens (including phenoxy) is 2. The molecule has 1 atom stereocenters. The molecule has 1 aromatic rings. The van der Waals surface area contributed by atoms with E-state index in [0.717, 1.165) is 0 Å². The second-order valence-corrected chi connectivity index (χ2v) is 5.80. The van der Waals surface area contributed by atoms with E-state index in [1.807, 2.05) is 0 Å². The molecule has 1 aliphatic heterocycles. The predicted molar refractivity (Wildman–Crippen MR) is 71.3 cm³/mol. The highest BCUT2D eigenvalue weighted by molar-refractivity contribution is 7.89. The van der Waals surface area contributed by atoms with Crippen molar-refractivity contribution in [3.63, 3.8) is 0 Å². The number of nitrogens with two attached hydrogens (primary N) is 2. The van der Waals surface area contributed by atoms with E-state index in [1.165, 1.54) is 18.2 Å². The zero-order valence-corrected chi connectivity index (χ0v) is 11.2. The highest BCUT2D eigenvalue weighted by atomic mass is 32.2. The second kappa shape index (κ2) is 5.74. The third-order valence-electron chi connectivity index (χ3n) is 2.76. The van der Waals surface area contributed by atoms with Gasteiger partial charge < -0.3 is 20.5 Å². The van der Waals surface area contributed by atoms with Gasteiger partial charge in [-0.05, 0) is 18.2 Å². The van der Waals surface area contributed by atoms with Crippen LogP contribution in [-0.4, -0.2) is 40.9 Å². The summed E-state index contributed by atoms with van der Waals surface area (Å²) < 4.78 is 33.3. The van der Waals surface area contributed by atoms with Gasteiger partial charge in [0.2, 0.25) is 10.0 Å². The second-order valence-electron chi connectivity index (χ2n) is 4.24. The van der Waals surface area contributed by atoms with E-state index in [1.54, 1.807) is 0 Å². The van der Waals surface area contributed by atoms with Crippen molar-refractivity contribution in [1.82, 2.24) is 0 Å². The van der Waals surface area contributed by atoms with Crippen LogP contribution in [0, 0.1) is 0 Å². The number of hydrogen-bond acceptors (Lipinski definition) is 6. The third kappa shape index (κ3) is 3.80. The van der Waals surface area contributed by atoms with Crippen LogP contribution in [-0.2, 0) is 19.5 Å². The third-order valence-corrected chi connectivity index (χ3v) is 3.67. The Bertz CT molecular complexity index is 541. The summed E-state index contributed by atoms with van der Waals surface area (Å²) in [5.41, 5.74) is 6.74. The maximum atomic E-state index is 11.3. The fraction of sp³-hybridized carbons (Fsp3) is 0.455. The molecular formula is C11H17N3O4S. The molecule has 0 bridgehead atoms. The Hall–Kier alpha value is -1.35.